The summed E-state index contributed by atoms with van der Waals surface area (Å²) in [5.41, 5.74) is 9.54. The van der Waals surface area contributed by atoms with Crippen LogP contribution in [0.25, 0.3) is 75.4 Å². The summed E-state index contributed by atoms with van der Waals surface area (Å²) in [4.78, 5) is 7.27. The SMILES string of the molecule is c1ccc(-c2nc3ccc4ccc(-c5ccc(N(c6ccccc6)c6ccc7c(c6)oc6ccc8ccccc8c67)cc5)cc4c3s2)cc1. The maximum absolute atomic E-state index is 6.46. The van der Waals surface area contributed by atoms with E-state index in [0.29, 0.717) is 0 Å². The number of nitrogens with zero attached hydrogens (tertiary/aromatic N) is 2. The summed E-state index contributed by atoms with van der Waals surface area (Å²) in [6.45, 7) is 0. The Morgan fingerprint density at radius 3 is 1.98 bits per heavy atom. The summed E-state index contributed by atoms with van der Waals surface area (Å²) >= 11 is 1.76. The topological polar surface area (TPSA) is 29.3 Å². The van der Waals surface area contributed by atoms with Crippen LogP contribution in [0.15, 0.2) is 174 Å². The highest BCUT2D eigenvalue weighted by Crippen LogP contribution is 2.41. The number of hydrogen-bond donors (Lipinski definition) is 0. The second-order valence-corrected chi connectivity index (χ2v) is 13.4. The molecule has 2 aromatic heterocycles. The Labute approximate surface area is 286 Å². The van der Waals surface area contributed by atoms with Crippen molar-refractivity contribution >= 4 is 82.1 Å². The molecule has 4 heteroatoms. The van der Waals surface area contributed by atoms with Crippen molar-refractivity contribution in [2.45, 2.75) is 0 Å². The summed E-state index contributed by atoms with van der Waals surface area (Å²) < 4.78 is 7.68. The third kappa shape index (κ3) is 4.68. The molecule has 2 heterocycles. The summed E-state index contributed by atoms with van der Waals surface area (Å²) in [6, 6.07) is 60.2. The van der Waals surface area contributed by atoms with Gasteiger partial charge in [-0.15, -0.1) is 11.3 Å². The van der Waals surface area contributed by atoms with Gasteiger partial charge >= 0.3 is 0 Å². The Balaban J connectivity index is 1.05. The van der Waals surface area contributed by atoms with E-state index in [2.05, 4.69) is 169 Å². The van der Waals surface area contributed by atoms with Crippen LogP contribution in [-0.4, -0.2) is 4.98 Å². The van der Waals surface area contributed by atoms with E-state index < -0.39 is 0 Å². The van der Waals surface area contributed by atoms with Crippen molar-refractivity contribution in [2.75, 3.05) is 4.90 Å². The molecular weight excluding hydrogens is 617 g/mol. The van der Waals surface area contributed by atoms with Gasteiger partial charge in [-0.1, -0.05) is 109 Å². The van der Waals surface area contributed by atoms with Gasteiger partial charge in [-0.25, -0.2) is 4.98 Å². The van der Waals surface area contributed by atoms with Crippen LogP contribution in [0.4, 0.5) is 17.1 Å². The molecule has 0 atom stereocenters. The molecule has 0 aliphatic rings. The largest absolute Gasteiger partial charge is 0.456 e. The minimum Gasteiger partial charge on any atom is -0.456 e. The fourth-order valence-electron chi connectivity index (χ4n) is 7.09. The minimum absolute atomic E-state index is 0.877. The molecule has 3 nitrogen and oxygen atoms in total. The first-order chi connectivity index (χ1) is 24.3. The Morgan fingerprint density at radius 1 is 0.449 bits per heavy atom. The van der Waals surface area contributed by atoms with Gasteiger partial charge in [0.25, 0.3) is 0 Å². The third-order valence-electron chi connectivity index (χ3n) is 9.47. The molecule has 10 rings (SSSR count). The van der Waals surface area contributed by atoms with Gasteiger partial charge in [-0.05, 0) is 81.9 Å². The van der Waals surface area contributed by atoms with Crippen LogP contribution in [0.2, 0.25) is 0 Å². The van der Waals surface area contributed by atoms with E-state index in [-0.39, 0.29) is 0 Å². The van der Waals surface area contributed by atoms with Gasteiger partial charge in [0.2, 0.25) is 0 Å². The average molecular weight is 645 g/mol. The lowest BCUT2D eigenvalue weighted by molar-refractivity contribution is 0.669. The number of rotatable bonds is 5. The molecule has 0 aliphatic carbocycles. The molecule has 0 spiro atoms. The van der Waals surface area contributed by atoms with E-state index in [0.717, 1.165) is 55.1 Å². The van der Waals surface area contributed by atoms with Crippen molar-refractivity contribution in [2.24, 2.45) is 0 Å². The number of thiazole rings is 1. The lowest BCUT2D eigenvalue weighted by atomic mass is 10.0. The predicted octanol–water partition coefficient (Wildman–Crippen LogP) is 13.3. The number of hydrogen-bond acceptors (Lipinski definition) is 4. The first-order valence-electron chi connectivity index (χ1n) is 16.5. The Hall–Kier alpha value is -6.23. The maximum atomic E-state index is 6.46. The fraction of sp³-hybridized carbons (Fsp3) is 0. The molecule has 0 aliphatic heterocycles. The van der Waals surface area contributed by atoms with Gasteiger partial charge in [0, 0.05) is 44.9 Å². The van der Waals surface area contributed by atoms with Gasteiger partial charge < -0.3 is 9.32 Å². The van der Waals surface area contributed by atoms with E-state index in [1.54, 1.807) is 11.3 Å². The van der Waals surface area contributed by atoms with Crippen molar-refractivity contribution < 1.29 is 4.42 Å². The van der Waals surface area contributed by atoms with Gasteiger partial charge in [0.15, 0.2) is 0 Å². The number of furan rings is 1. The highest BCUT2D eigenvalue weighted by molar-refractivity contribution is 7.22. The first kappa shape index (κ1) is 27.8. The molecular formula is C45H28N2OS. The first-order valence-corrected chi connectivity index (χ1v) is 17.3. The summed E-state index contributed by atoms with van der Waals surface area (Å²) in [5.74, 6) is 0. The van der Waals surface area contributed by atoms with Gasteiger partial charge in [0.05, 0.1) is 10.2 Å². The minimum atomic E-state index is 0.877. The zero-order chi connectivity index (χ0) is 32.3. The molecule has 8 aromatic carbocycles. The van der Waals surface area contributed by atoms with Crippen molar-refractivity contribution in [1.82, 2.24) is 4.98 Å². The molecule has 0 amide bonds. The van der Waals surface area contributed by atoms with Crippen molar-refractivity contribution in [3.8, 4) is 21.7 Å². The van der Waals surface area contributed by atoms with E-state index in [4.69, 9.17) is 9.40 Å². The maximum Gasteiger partial charge on any atom is 0.137 e. The van der Waals surface area contributed by atoms with Crippen LogP contribution < -0.4 is 4.90 Å². The van der Waals surface area contributed by atoms with Crippen LogP contribution in [0.3, 0.4) is 0 Å². The number of anilines is 3. The van der Waals surface area contributed by atoms with Gasteiger partial charge in [-0.3, -0.25) is 0 Å². The Bertz CT molecular complexity index is 2820. The molecule has 230 valence electrons. The average Bonchev–Trinajstić information content (AvgIpc) is 3.78. The Kier molecular flexibility index (Phi) is 6.36. The summed E-state index contributed by atoms with van der Waals surface area (Å²) in [6.07, 6.45) is 0. The highest BCUT2D eigenvalue weighted by Gasteiger charge is 2.17. The molecule has 0 bridgehead atoms. The van der Waals surface area contributed by atoms with E-state index in [1.807, 2.05) is 6.07 Å². The second kappa shape index (κ2) is 11.2. The molecule has 0 radical (unpaired) electrons. The molecule has 0 unspecified atom stereocenters. The monoisotopic (exact) mass is 644 g/mol. The van der Waals surface area contributed by atoms with Crippen molar-refractivity contribution in [1.29, 1.82) is 0 Å². The van der Waals surface area contributed by atoms with Crippen LogP contribution in [-0.2, 0) is 0 Å². The molecule has 10 aromatic rings. The van der Waals surface area contributed by atoms with E-state index >= 15 is 0 Å². The fourth-order valence-corrected chi connectivity index (χ4v) is 8.19. The van der Waals surface area contributed by atoms with Crippen LogP contribution in [0, 0.1) is 0 Å². The number of para-hydroxylation sites is 1. The summed E-state index contributed by atoms with van der Waals surface area (Å²) in [7, 11) is 0. The Morgan fingerprint density at radius 2 is 1.12 bits per heavy atom. The number of benzene rings is 8. The molecule has 0 saturated heterocycles. The van der Waals surface area contributed by atoms with Crippen LogP contribution in [0.1, 0.15) is 0 Å². The lowest BCUT2D eigenvalue weighted by Crippen LogP contribution is -2.09. The van der Waals surface area contributed by atoms with Crippen molar-refractivity contribution in [3.63, 3.8) is 0 Å². The highest BCUT2D eigenvalue weighted by atomic mass is 32.1. The van der Waals surface area contributed by atoms with Gasteiger partial charge in [0.1, 0.15) is 16.2 Å². The van der Waals surface area contributed by atoms with Gasteiger partial charge in [-0.2, -0.15) is 0 Å². The predicted molar refractivity (Wildman–Crippen MR) is 207 cm³/mol. The number of fused-ring (bicyclic) bond motifs is 8. The standard InChI is InChI=1S/C45H28N2OS/c1-3-10-32(11-4-1)45-46-40-25-19-31-15-16-33(27-39(31)44(40)49-45)29-17-21-35(22-18-29)47(34-12-5-2-6-13-34)36-23-24-38-42(28-36)48-41-26-20-30-9-7-8-14-37(30)43(38)41/h1-28H. The molecule has 0 saturated carbocycles. The smallest absolute Gasteiger partial charge is 0.137 e. The lowest BCUT2D eigenvalue weighted by Gasteiger charge is -2.25. The molecule has 0 N–H and O–H groups in total. The second-order valence-electron chi connectivity index (χ2n) is 12.4. The molecule has 49 heavy (non-hydrogen) atoms. The third-order valence-corrected chi connectivity index (χ3v) is 10.6. The summed E-state index contributed by atoms with van der Waals surface area (Å²) in [5, 5.41) is 8.22. The van der Waals surface area contributed by atoms with E-state index in [9.17, 15) is 0 Å². The normalized spacial score (nSPS) is 11.7. The number of aromatic nitrogens is 1. The quantitative estimate of drug-likeness (QED) is 0.187. The zero-order valence-electron chi connectivity index (χ0n) is 26.4. The molecule has 0 fully saturated rings. The zero-order valence-corrected chi connectivity index (χ0v) is 27.2. The van der Waals surface area contributed by atoms with E-state index in [1.165, 1.54) is 37.4 Å². The van der Waals surface area contributed by atoms with Crippen LogP contribution >= 0.6 is 11.3 Å². The van der Waals surface area contributed by atoms with Crippen molar-refractivity contribution in [3.05, 3.63) is 170 Å². The van der Waals surface area contributed by atoms with Crippen LogP contribution in [0.5, 0.6) is 0 Å².